The fourth-order valence-corrected chi connectivity index (χ4v) is 1.98. The van der Waals surface area contributed by atoms with Gasteiger partial charge in [-0.2, -0.15) is 0 Å². The Bertz CT molecular complexity index is 494. The van der Waals surface area contributed by atoms with Crippen LogP contribution in [0.15, 0.2) is 16.8 Å². The van der Waals surface area contributed by atoms with Gasteiger partial charge >= 0.3 is 57.4 Å². The van der Waals surface area contributed by atoms with E-state index >= 15 is 0 Å². The SMILES string of the molecule is O=C(O)CCCC(=O)[N-]C(CC1=CCC=N1)C(=O)NCCCO.[K+]. The molecule has 1 aliphatic heterocycles. The Morgan fingerprint density at radius 2 is 2.04 bits per heavy atom. The van der Waals surface area contributed by atoms with E-state index in [0.29, 0.717) is 25.1 Å². The van der Waals surface area contributed by atoms with Gasteiger partial charge in [0, 0.05) is 37.9 Å². The van der Waals surface area contributed by atoms with Crippen molar-refractivity contribution in [3.8, 4) is 0 Å². The average Bonchev–Trinajstić information content (AvgIpc) is 2.99. The number of amides is 2. The number of aliphatic carboxylic acids is 1. The average molecular weight is 363 g/mol. The molecule has 2 amide bonds. The summed E-state index contributed by atoms with van der Waals surface area (Å²) < 4.78 is 0. The zero-order valence-electron chi connectivity index (χ0n) is 13.9. The number of aliphatic imine (C=N–C) groups is 1. The number of carbonyl (C=O) groups excluding carboxylic acids is 2. The minimum Gasteiger partial charge on any atom is -0.643 e. The molecular weight excluding hydrogens is 341 g/mol. The predicted octanol–water partition coefficient (Wildman–Crippen LogP) is -2.24. The van der Waals surface area contributed by atoms with Crippen LogP contribution in [0, 0.1) is 0 Å². The minimum atomic E-state index is -0.971. The van der Waals surface area contributed by atoms with E-state index in [4.69, 9.17) is 10.2 Å². The Labute approximate surface area is 183 Å². The van der Waals surface area contributed by atoms with Crippen LogP contribution in [0.3, 0.4) is 0 Å². The van der Waals surface area contributed by atoms with Crippen molar-refractivity contribution in [3.63, 3.8) is 0 Å². The smallest absolute Gasteiger partial charge is 0.643 e. The van der Waals surface area contributed by atoms with Gasteiger partial charge in [-0.05, 0) is 31.7 Å². The van der Waals surface area contributed by atoms with Crippen LogP contribution in [0.25, 0.3) is 5.32 Å². The summed E-state index contributed by atoms with van der Waals surface area (Å²) in [5.41, 5.74) is 0.703. The Kier molecular flexibility index (Phi) is 13.3. The van der Waals surface area contributed by atoms with Gasteiger partial charge in [0.25, 0.3) is 0 Å². The zero-order chi connectivity index (χ0) is 17.1. The van der Waals surface area contributed by atoms with Gasteiger partial charge < -0.3 is 25.6 Å². The summed E-state index contributed by atoms with van der Waals surface area (Å²) in [4.78, 5) is 38.5. The number of aliphatic hydroxyl groups is 1. The van der Waals surface area contributed by atoms with Crippen LogP contribution >= 0.6 is 0 Å². The number of rotatable bonds is 11. The maximum absolute atomic E-state index is 12.1. The summed E-state index contributed by atoms with van der Waals surface area (Å²) in [5.74, 6) is -1.86. The summed E-state index contributed by atoms with van der Waals surface area (Å²) in [5, 5.41) is 23.8. The molecule has 0 aromatic carbocycles. The van der Waals surface area contributed by atoms with Crippen molar-refractivity contribution in [2.75, 3.05) is 13.2 Å². The molecule has 1 aliphatic rings. The second-order valence-electron chi connectivity index (χ2n) is 5.10. The molecule has 0 aliphatic carbocycles. The third kappa shape index (κ3) is 10.3. The van der Waals surface area contributed by atoms with Crippen molar-refractivity contribution in [2.45, 2.75) is 44.6 Å². The molecule has 0 fully saturated rings. The molecule has 3 N–H and O–H groups in total. The normalized spacial score (nSPS) is 13.6. The molecule has 0 saturated heterocycles. The Morgan fingerprint density at radius 3 is 2.62 bits per heavy atom. The molecule has 128 valence electrons. The van der Waals surface area contributed by atoms with E-state index in [2.05, 4.69) is 15.6 Å². The predicted molar refractivity (Wildman–Crippen MR) is 84.2 cm³/mol. The maximum Gasteiger partial charge on any atom is 1.00 e. The minimum absolute atomic E-state index is 0. The number of carbonyl (C=O) groups is 3. The molecule has 0 bridgehead atoms. The summed E-state index contributed by atoms with van der Waals surface area (Å²) in [6, 6.07) is -0.882. The van der Waals surface area contributed by atoms with E-state index in [9.17, 15) is 14.4 Å². The van der Waals surface area contributed by atoms with Crippen molar-refractivity contribution in [2.24, 2.45) is 4.99 Å². The summed E-state index contributed by atoms with van der Waals surface area (Å²) >= 11 is 0. The van der Waals surface area contributed by atoms with Gasteiger partial charge in [-0.15, -0.1) is 0 Å². The van der Waals surface area contributed by atoms with Gasteiger partial charge in [-0.3, -0.25) is 14.6 Å². The van der Waals surface area contributed by atoms with Gasteiger partial charge in [0.05, 0.1) is 5.91 Å². The number of nitrogens with one attached hydrogen (secondary N) is 1. The molecule has 0 aromatic heterocycles. The number of allylic oxidation sites excluding steroid dienone is 1. The molecule has 0 spiro atoms. The van der Waals surface area contributed by atoms with Crippen LogP contribution in [0.4, 0.5) is 0 Å². The first-order valence-electron chi connectivity index (χ1n) is 7.58. The molecular formula is C15H22KN3O5. The van der Waals surface area contributed by atoms with E-state index in [1.54, 1.807) is 6.21 Å². The maximum atomic E-state index is 12.1. The van der Waals surface area contributed by atoms with E-state index in [-0.39, 0.29) is 83.7 Å². The van der Waals surface area contributed by atoms with Crippen molar-refractivity contribution in [1.29, 1.82) is 0 Å². The number of carboxylic acid groups (broad SMARTS) is 1. The van der Waals surface area contributed by atoms with Crippen molar-refractivity contribution >= 4 is 24.0 Å². The molecule has 1 atom stereocenters. The van der Waals surface area contributed by atoms with E-state index < -0.39 is 23.8 Å². The van der Waals surface area contributed by atoms with E-state index in [0.717, 1.165) is 0 Å². The first-order chi connectivity index (χ1) is 11.0. The van der Waals surface area contributed by atoms with Crippen LogP contribution in [-0.2, 0) is 14.4 Å². The second-order valence-corrected chi connectivity index (χ2v) is 5.10. The summed E-state index contributed by atoms with van der Waals surface area (Å²) in [7, 11) is 0. The molecule has 8 nitrogen and oxygen atoms in total. The van der Waals surface area contributed by atoms with Crippen LogP contribution in [-0.4, -0.2) is 53.4 Å². The molecule has 1 unspecified atom stereocenters. The Balaban J connectivity index is 0.00000529. The number of carboxylic acids is 1. The standard InChI is InChI=1S/C15H23N3O5.K/c19-9-3-8-17-15(23)12(10-11-4-2-7-16-11)18-13(20)5-1-6-14(21)22;/h4,7,12,19H,1-3,5-6,8-10H2,(H3,17,18,20,21,22,23);/q;+1/p-1. The monoisotopic (exact) mass is 363 g/mol. The van der Waals surface area contributed by atoms with Crippen molar-refractivity contribution < 1.29 is 76.0 Å². The Hall–Kier alpha value is -0.584. The van der Waals surface area contributed by atoms with Gasteiger partial charge in [-0.25, -0.2) is 0 Å². The summed E-state index contributed by atoms with van der Waals surface area (Å²) in [6.45, 7) is 0.266. The number of hydrogen-bond donors (Lipinski definition) is 3. The molecule has 1 rings (SSSR count). The first-order valence-corrected chi connectivity index (χ1v) is 7.58. The number of nitrogens with zero attached hydrogens (tertiary/aromatic N) is 2. The van der Waals surface area contributed by atoms with Crippen LogP contribution in [0.5, 0.6) is 0 Å². The third-order valence-corrected chi connectivity index (χ3v) is 3.14. The van der Waals surface area contributed by atoms with Crippen molar-refractivity contribution in [3.05, 3.63) is 17.1 Å². The summed E-state index contributed by atoms with van der Waals surface area (Å²) in [6.07, 6.45) is 5.00. The van der Waals surface area contributed by atoms with Crippen LogP contribution in [0.1, 0.15) is 38.5 Å². The van der Waals surface area contributed by atoms with Crippen LogP contribution < -0.4 is 56.7 Å². The number of aliphatic hydroxyl groups excluding tert-OH is 1. The van der Waals surface area contributed by atoms with Gasteiger partial charge in [0.2, 0.25) is 5.91 Å². The number of hydrogen-bond acceptors (Lipinski definition) is 5. The van der Waals surface area contributed by atoms with Gasteiger partial charge in [-0.1, -0.05) is 6.08 Å². The van der Waals surface area contributed by atoms with E-state index in [1.807, 2.05) is 6.08 Å². The molecule has 1 heterocycles. The molecule has 0 radical (unpaired) electrons. The first kappa shape index (κ1) is 23.4. The fraction of sp³-hybridized carbons (Fsp3) is 0.600. The third-order valence-electron chi connectivity index (χ3n) is 3.14. The quantitative estimate of drug-likeness (QED) is 0.282. The zero-order valence-corrected chi connectivity index (χ0v) is 17.0. The molecule has 0 aromatic rings. The largest absolute Gasteiger partial charge is 1.00 e. The molecule has 9 heteroatoms. The van der Waals surface area contributed by atoms with Crippen molar-refractivity contribution in [1.82, 2.24) is 5.32 Å². The van der Waals surface area contributed by atoms with Gasteiger partial charge in [0.15, 0.2) is 0 Å². The topological polar surface area (TPSA) is 130 Å². The molecule has 0 saturated carbocycles. The molecule has 24 heavy (non-hydrogen) atoms. The van der Waals surface area contributed by atoms with Crippen LogP contribution in [0.2, 0.25) is 0 Å². The second kappa shape index (κ2) is 13.7. The van der Waals surface area contributed by atoms with Gasteiger partial charge in [0.1, 0.15) is 0 Å². The fourth-order valence-electron chi connectivity index (χ4n) is 1.98. The Morgan fingerprint density at radius 1 is 1.29 bits per heavy atom. The van der Waals surface area contributed by atoms with E-state index in [1.165, 1.54) is 0 Å².